The molecule has 0 saturated carbocycles. The molecular weight excluding hydrogens is 438 g/mol. The molecule has 1 aliphatic heterocycles. The van der Waals surface area contributed by atoms with Crippen LogP contribution in [0.3, 0.4) is 0 Å². The Hall–Kier alpha value is -2.98. The highest BCUT2D eigenvalue weighted by Gasteiger charge is 2.32. The Labute approximate surface area is 198 Å². The summed E-state index contributed by atoms with van der Waals surface area (Å²) in [4.78, 5) is 10.5. The van der Waals surface area contributed by atoms with Crippen LogP contribution in [0.15, 0.2) is 48.8 Å². The lowest BCUT2D eigenvalue weighted by Gasteiger charge is -2.37. The Balaban J connectivity index is 0.00000103. The van der Waals surface area contributed by atoms with E-state index in [2.05, 4.69) is 29.1 Å². The van der Waals surface area contributed by atoms with Crippen LogP contribution in [0.25, 0.3) is 21.9 Å². The SMILES string of the molecule is CCn1cc(-c2c(OCC(O)CN3CCC(O)(CO)CC3)ccc3ccccc23)cn1.O=CO. The van der Waals surface area contributed by atoms with Crippen molar-refractivity contribution in [2.45, 2.75) is 38.0 Å². The second kappa shape index (κ2) is 11.9. The zero-order valence-corrected chi connectivity index (χ0v) is 19.4. The van der Waals surface area contributed by atoms with Crippen LogP contribution in [0.4, 0.5) is 0 Å². The third-order valence-corrected chi connectivity index (χ3v) is 6.12. The van der Waals surface area contributed by atoms with Crippen molar-refractivity contribution in [3.8, 4) is 16.9 Å². The topological polar surface area (TPSA) is 128 Å². The van der Waals surface area contributed by atoms with Gasteiger partial charge in [-0.2, -0.15) is 5.10 Å². The summed E-state index contributed by atoms with van der Waals surface area (Å²) in [5.74, 6) is 0.724. The van der Waals surface area contributed by atoms with Crippen molar-refractivity contribution in [1.82, 2.24) is 14.7 Å². The van der Waals surface area contributed by atoms with Crippen LogP contribution in [0, 0.1) is 0 Å². The molecule has 3 aromatic rings. The third-order valence-electron chi connectivity index (χ3n) is 6.12. The van der Waals surface area contributed by atoms with Gasteiger partial charge in [-0.15, -0.1) is 0 Å². The number of carboxylic acid groups (broad SMARTS) is 1. The highest BCUT2D eigenvalue weighted by atomic mass is 16.5. The van der Waals surface area contributed by atoms with Gasteiger partial charge in [0.15, 0.2) is 0 Å². The molecule has 1 unspecified atom stereocenters. The number of nitrogens with zero attached hydrogens (tertiary/aromatic N) is 3. The van der Waals surface area contributed by atoms with E-state index >= 15 is 0 Å². The molecule has 2 aromatic carbocycles. The third kappa shape index (κ3) is 6.32. The lowest BCUT2D eigenvalue weighted by Crippen LogP contribution is -2.48. The first-order chi connectivity index (χ1) is 16.4. The van der Waals surface area contributed by atoms with Gasteiger partial charge in [0.05, 0.1) is 18.4 Å². The Kier molecular flexibility index (Phi) is 9.00. The number of hydrogen-bond donors (Lipinski definition) is 4. The summed E-state index contributed by atoms with van der Waals surface area (Å²) in [5, 5.41) is 43.5. The number of hydrogen-bond acceptors (Lipinski definition) is 7. The van der Waals surface area contributed by atoms with Crippen LogP contribution in [0.1, 0.15) is 19.8 Å². The smallest absolute Gasteiger partial charge is 0.290 e. The van der Waals surface area contributed by atoms with Crippen molar-refractivity contribution in [2.75, 3.05) is 32.8 Å². The van der Waals surface area contributed by atoms with Gasteiger partial charge in [0, 0.05) is 43.5 Å². The van der Waals surface area contributed by atoms with E-state index < -0.39 is 11.7 Å². The first kappa shape index (κ1) is 25.6. The van der Waals surface area contributed by atoms with Gasteiger partial charge in [0.2, 0.25) is 0 Å². The number of rotatable bonds is 8. The predicted octanol–water partition coefficient (Wildman–Crippen LogP) is 1.98. The number of β-amino-alcohol motifs (C(OH)–C–C–N with tert-alkyl or cyclic N) is 1. The highest BCUT2D eigenvalue weighted by Crippen LogP contribution is 2.37. The summed E-state index contributed by atoms with van der Waals surface area (Å²) in [7, 11) is 0. The molecule has 1 aliphatic rings. The summed E-state index contributed by atoms with van der Waals surface area (Å²) in [5.41, 5.74) is 0.986. The number of aromatic nitrogens is 2. The van der Waals surface area contributed by atoms with E-state index in [1.54, 1.807) is 0 Å². The van der Waals surface area contributed by atoms with E-state index in [4.69, 9.17) is 14.6 Å². The standard InChI is InChI=1S/C24H31N3O4.CH2O2/c1-2-27-14-19(13-25-27)23-21-6-4-3-5-18(21)7-8-22(23)31-16-20(29)15-26-11-9-24(30,17-28)10-12-26;2-1-3/h3-8,13-14,20,28-30H,2,9-12,15-17H2,1H3;1H,(H,2,3). The Morgan fingerprint density at radius 3 is 2.56 bits per heavy atom. The summed E-state index contributed by atoms with van der Waals surface area (Å²) in [6.07, 6.45) is 4.23. The number of fused-ring (bicyclic) bond motifs is 1. The number of benzene rings is 2. The van der Waals surface area contributed by atoms with Crippen LogP contribution < -0.4 is 4.74 Å². The molecular formula is C25H33N3O6. The van der Waals surface area contributed by atoms with Crippen LogP contribution in [0.2, 0.25) is 0 Å². The van der Waals surface area contributed by atoms with Gasteiger partial charge in [-0.3, -0.25) is 9.48 Å². The average Bonchev–Trinajstić information content (AvgIpc) is 3.33. The van der Waals surface area contributed by atoms with Gasteiger partial charge in [-0.05, 0) is 36.6 Å². The highest BCUT2D eigenvalue weighted by molar-refractivity contribution is 5.99. The maximum Gasteiger partial charge on any atom is 0.290 e. The number of aliphatic hydroxyl groups is 3. The molecule has 0 bridgehead atoms. The van der Waals surface area contributed by atoms with Crippen LogP contribution in [-0.4, -0.2) is 86.1 Å². The van der Waals surface area contributed by atoms with Crippen LogP contribution >= 0.6 is 0 Å². The fraction of sp³-hybridized carbons (Fsp3) is 0.440. The van der Waals surface area contributed by atoms with E-state index in [0.717, 1.165) is 34.2 Å². The largest absolute Gasteiger partial charge is 0.490 e. The Morgan fingerprint density at radius 1 is 1.21 bits per heavy atom. The minimum absolute atomic E-state index is 0.175. The summed E-state index contributed by atoms with van der Waals surface area (Å²) in [6.45, 7) is 4.31. The zero-order chi connectivity index (χ0) is 24.6. The number of ether oxygens (including phenoxy) is 1. The van der Waals surface area contributed by atoms with E-state index in [1.807, 2.05) is 41.3 Å². The quantitative estimate of drug-likeness (QED) is 0.367. The molecule has 4 N–H and O–H groups in total. The molecule has 2 heterocycles. The molecule has 1 atom stereocenters. The molecule has 0 aliphatic carbocycles. The van der Waals surface area contributed by atoms with Gasteiger partial charge >= 0.3 is 0 Å². The molecule has 34 heavy (non-hydrogen) atoms. The van der Waals surface area contributed by atoms with Crippen LogP contribution in [-0.2, 0) is 11.3 Å². The minimum atomic E-state index is -0.985. The summed E-state index contributed by atoms with van der Waals surface area (Å²) in [6, 6.07) is 12.2. The Bertz CT molecular complexity index is 1060. The second-order valence-electron chi connectivity index (χ2n) is 8.50. The molecule has 1 aromatic heterocycles. The maximum atomic E-state index is 10.6. The predicted molar refractivity (Wildman–Crippen MR) is 129 cm³/mol. The van der Waals surface area contributed by atoms with E-state index in [0.29, 0.717) is 32.5 Å². The molecule has 0 amide bonds. The molecule has 1 fully saturated rings. The molecule has 9 nitrogen and oxygen atoms in total. The first-order valence-corrected chi connectivity index (χ1v) is 11.4. The van der Waals surface area contributed by atoms with Crippen molar-refractivity contribution in [3.05, 3.63) is 48.8 Å². The number of likely N-dealkylation sites (tertiary alicyclic amines) is 1. The van der Waals surface area contributed by atoms with Gasteiger partial charge in [0.1, 0.15) is 18.5 Å². The number of aryl methyl sites for hydroxylation is 1. The van der Waals surface area contributed by atoms with Gasteiger partial charge in [-0.1, -0.05) is 30.3 Å². The first-order valence-electron chi connectivity index (χ1n) is 11.4. The summed E-state index contributed by atoms with van der Waals surface area (Å²) < 4.78 is 7.99. The fourth-order valence-corrected chi connectivity index (χ4v) is 4.18. The van der Waals surface area contributed by atoms with Crippen molar-refractivity contribution in [3.63, 3.8) is 0 Å². The molecule has 9 heteroatoms. The normalized spacial score (nSPS) is 16.5. The van der Waals surface area contributed by atoms with Crippen LogP contribution in [0.5, 0.6) is 5.75 Å². The lowest BCUT2D eigenvalue weighted by molar-refractivity contribution is -0.122. The zero-order valence-electron chi connectivity index (χ0n) is 19.4. The van der Waals surface area contributed by atoms with Gasteiger partial charge in [0.25, 0.3) is 6.47 Å². The lowest BCUT2D eigenvalue weighted by atomic mass is 9.92. The number of carbonyl (C=O) groups is 1. The molecule has 184 valence electrons. The number of piperidine rings is 1. The minimum Gasteiger partial charge on any atom is -0.490 e. The van der Waals surface area contributed by atoms with Crippen molar-refractivity contribution >= 4 is 17.2 Å². The molecule has 1 saturated heterocycles. The Morgan fingerprint density at radius 2 is 1.91 bits per heavy atom. The van der Waals surface area contributed by atoms with Crippen molar-refractivity contribution in [2.24, 2.45) is 0 Å². The van der Waals surface area contributed by atoms with E-state index in [1.165, 1.54) is 0 Å². The number of aliphatic hydroxyl groups excluding tert-OH is 2. The van der Waals surface area contributed by atoms with E-state index in [9.17, 15) is 15.3 Å². The van der Waals surface area contributed by atoms with Gasteiger partial charge < -0.3 is 30.1 Å². The van der Waals surface area contributed by atoms with Crippen molar-refractivity contribution < 1.29 is 30.0 Å². The molecule has 0 radical (unpaired) electrons. The van der Waals surface area contributed by atoms with Gasteiger partial charge in [-0.25, -0.2) is 0 Å². The second-order valence-corrected chi connectivity index (χ2v) is 8.50. The molecule has 0 spiro atoms. The van der Waals surface area contributed by atoms with E-state index in [-0.39, 0.29) is 19.7 Å². The van der Waals surface area contributed by atoms with Crippen molar-refractivity contribution in [1.29, 1.82) is 0 Å². The monoisotopic (exact) mass is 471 g/mol. The molecule has 4 rings (SSSR count). The fourth-order valence-electron chi connectivity index (χ4n) is 4.18. The summed E-state index contributed by atoms with van der Waals surface area (Å²) >= 11 is 0. The maximum absolute atomic E-state index is 10.6. The average molecular weight is 472 g/mol.